The molecule has 5 heteroatoms. The zero-order valence-electron chi connectivity index (χ0n) is 8.20. The third-order valence-corrected chi connectivity index (χ3v) is 1.85. The van der Waals surface area contributed by atoms with Crippen LogP contribution in [0.2, 0.25) is 0 Å². The van der Waals surface area contributed by atoms with Crippen molar-refractivity contribution in [3.05, 3.63) is 35.6 Å². The Hall–Kier alpha value is -1.46. The van der Waals surface area contributed by atoms with Crippen molar-refractivity contribution < 1.29 is 13.9 Å². The van der Waals surface area contributed by atoms with Gasteiger partial charge in [-0.25, -0.2) is 10.2 Å². The van der Waals surface area contributed by atoms with Crippen LogP contribution in [0.1, 0.15) is 12.0 Å². The van der Waals surface area contributed by atoms with Crippen LogP contribution in [0, 0.1) is 5.82 Å². The highest BCUT2D eigenvalue weighted by molar-refractivity contribution is 5.75. The molecule has 4 nitrogen and oxygen atoms in total. The summed E-state index contributed by atoms with van der Waals surface area (Å²) >= 11 is 0. The maximum atomic E-state index is 13.1. The van der Waals surface area contributed by atoms with E-state index in [1.165, 1.54) is 6.07 Å². The van der Waals surface area contributed by atoms with Gasteiger partial charge >= 0.3 is 0 Å². The maximum Gasteiger partial charge on any atom is 0.236 e. The summed E-state index contributed by atoms with van der Waals surface area (Å²) in [7, 11) is 0. The Labute approximate surface area is 87.2 Å². The number of hydrogen-bond acceptors (Lipinski definition) is 3. The number of amides is 1. The van der Waals surface area contributed by atoms with Crippen LogP contribution in [0.25, 0.3) is 0 Å². The minimum Gasteiger partial charge on any atom is -0.376 e. The van der Waals surface area contributed by atoms with Crippen LogP contribution in [0.5, 0.6) is 0 Å². The fourth-order valence-corrected chi connectivity index (χ4v) is 1.03. The van der Waals surface area contributed by atoms with E-state index in [9.17, 15) is 9.18 Å². The molecule has 82 valence electrons. The molecule has 15 heavy (non-hydrogen) atoms. The lowest BCUT2D eigenvalue weighted by Crippen LogP contribution is -2.30. The molecule has 0 heterocycles. The summed E-state index contributed by atoms with van der Waals surface area (Å²) in [5.74, 6) is 4.27. The van der Waals surface area contributed by atoms with Gasteiger partial charge in [0, 0.05) is 5.56 Å². The van der Waals surface area contributed by atoms with Gasteiger partial charge in [0.25, 0.3) is 0 Å². The Kier molecular flexibility index (Phi) is 4.73. The molecular weight excluding hydrogens is 199 g/mol. The predicted octanol–water partition coefficient (Wildman–Crippen LogP) is 0.722. The van der Waals surface area contributed by atoms with E-state index in [-0.39, 0.29) is 31.4 Å². The molecule has 0 saturated heterocycles. The van der Waals surface area contributed by atoms with Crippen molar-refractivity contribution in [3.63, 3.8) is 0 Å². The van der Waals surface area contributed by atoms with Gasteiger partial charge in [0.15, 0.2) is 0 Å². The monoisotopic (exact) mass is 212 g/mol. The molecule has 0 saturated carbocycles. The average molecular weight is 212 g/mol. The summed E-state index contributed by atoms with van der Waals surface area (Å²) < 4.78 is 18.2. The number of hydrazine groups is 1. The number of hydrogen-bond donors (Lipinski definition) is 2. The van der Waals surface area contributed by atoms with Crippen LogP contribution in [0.4, 0.5) is 4.39 Å². The van der Waals surface area contributed by atoms with Gasteiger partial charge in [-0.1, -0.05) is 18.2 Å². The molecule has 1 rings (SSSR count). The zero-order valence-corrected chi connectivity index (χ0v) is 8.20. The highest BCUT2D eigenvalue weighted by Crippen LogP contribution is 2.07. The van der Waals surface area contributed by atoms with E-state index >= 15 is 0 Å². The molecular formula is C10H13FN2O2. The van der Waals surface area contributed by atoms with Crippen molar-refractivity contribution in [2.24, 2.45) is 5.84 Å². The van der Waals surface area contributed by atoms with Gasteiger partial charge in [-0.3, -0.25) is 10.2 Å². The van der Waals surface area contributed by atoms with Gasteiger partial charge in [-0.05, 0) is 6.07 Å². The first-order chi connectivity index (χ1) is 7.24. The van der Waals surface area contributed by atoms with Gasteiger partial charge in [0.05, 0.1) is 19.6 Å². The fraction of sp³-hybridized carbons (Fsp3) is 0.300. The van der Waals surface area contributed by atoms with Crippen LogP contribution >= 0.6 is 0 Å². The van der Waals surface area contributed by atoms with Crippen molar-refractivity contribution >= 4 is 5.91 Å². The predicted molar refractivity (Wildman–Crippen MR) is 53.0 cm³/mol. The lowest BCUT2D eigenvalue weighted by atomic mass is 10.2. The smallest absolute Gasteiger partial charge is 0.236 e. The topological polar surface area (TPSA) is 64.3 Å². The first-order valence-electron chi connectivity index (χ1n) is 4.54. The van der Waals surface area contributed by atoms with Crippen LogP contribution in [0.15, 0.2) is 24.3 Å². The molecule has 0 fully saturated rings. The largest absolute Gasteiger partial charge is 0.376 e. The number of carbonyl (C=O) groups is 1. The van der Waals surface area contributed by atoms with Crippen LogP contribution in [-0.2, 0) is 16.1 Å². The molecule has 0 aromatic heterocycles. The summed E-state index contributed by atoms with van der Waals surface area (Å²) in [6.45, 7) is 0.377. The lowest BCUT2D eigenvalue weighted by Gasteiger charge is -2.04. The van der Waals surface area contributed by atoms with E-state index in [1.807, 2.05) is 5.43 Å². The average Bonchev–Trinajstić information content (AvgIpc) is 2.26. The zero-order chi connectivity index (χ0) is 11.1. The van der Waals surface area contributed by atoms with E-state index in [0.29, 0.717) is 5.56 Å². The molecule has 0 aliphatic rings. The molecule has 0 aliphatic carbocycles. The summed E-state index contributed by atoms with van der Waals surface area (Å²) in [6.07, 6.45) is 0.172. The lowest BCUT2D eigenvalue weighted by molar-refractivity contribution is -0.122. The normalized spacial score (nSPS) is 10.0. The highest BCUT2D eigenvalue weighted by Gasteiger charge is 2.01. The number of nitrogens with one attached hydrogen (secondary N) is 1. The van der Waals surface area contributed by atoms with Gasteiger partial charge < -0.3 is 4.74 Å². The van der Waals surface area contributed by atoms with E-state index in [2.05, 4.69) is 0 Å². The van der Waals surface area contributed by atoms with Gasteiger partial charge in [-0.15, -0.1) is 0 Å². The molecule has 1 aromatic rings. The summed E-state index contributed by atoms with van der Waals surface area (Å²) in [5.41, 5.74) is 2.46. The Balaban J connectivity index is 2.26. The third-order valence-electron chi connectivity index (χ3n) is 1.85. The van der Waals surface area contributed by atoms with Crippen molar-refractivity contribution in [3.8, 4) is 0 Å². The summed E-state index contributed by atoms with van der Waals surface area (Å²) in [5, 5.41) is 0. The van der Waals surface area contributed by atoms with E-state index in [1.54, 1.807) is 18.2 Å². The SMILES string of the molecule is NNC(=O)CCOCc1ccccc1F. The second-order valence-corrected chi connectivity index (χ2v) is 2.96. The molecule has 1 amide bonds. The molecule has 3 N–H and O–H groups in total. The van der Waals surface area contributed by atoms with Crippen LogP contribution in [-0.4, -0.2) is 12.5 Å². The van der Waals surface area contributed by atoms with Crippen molar-refractivity contribution in [2.45, 2.75) is 13.0 Å². The molecule has 0 bridgehead atoms. The Morgan fingerprint density at radius 2 is 2.20 bits per heavy atom. The van der Waals surface area contributed by atoms with Gasteiger partial charge in [0.1, 0.15) is 5.82 Å². The van der Waals surface area contributed by atoms with Crippen molar-refractivity contribution in [2.75, 3.05) is 6.61 Å². The Morgan fingerprint density at radius 3 is 2.87 bits per heavy atom. The summed E-state index contributed by atoms with van der Waals surface area (Å²) in [4.78, 5) is 10.7. The number of halogens is 1. The quantitative estimate of drug-likeness (QED) is 0.327. The minimum absolute atomic E-state index is 0.157. The van der Waals surface area contributed by atoms with Gasteiger partial charge in [-0.2, -0.15) is 0 Å². The fourth-order valence-electron chi connectivity index (χ4n) is 1.03. The first kappa shape index (κ1) is 11.6. The Bertz CT molecular complexity index is 331. The molecule has 0 aliphatic heterocycles. The minimum atomic E-state index is -0.305. The third kappa shape index (κ3) is 4.05. The molecule has 0 spiro atoms. The maximum absolute atomic E-state index is 13.1. The number of nitrogens with two attached hydrogens (primary N) is 1. The van der Waals surface area contributed by atoms with Crippen molar-refractivity contribution in [1.82, 2.24) is 5.43 Å². The summed E-state index contributed by atoms with van der Waals surface area (Å²) in [6, 6.07) is 6.35. The van der Waals surface area contributed by atoms with Crippen LogP contribution < -0.4 is 11.3 Å². The first-order valence-corrected chi connectivity index (χ1v) is 4.54. The van der Waals surface area contributed by atoms with Crippen molar-refractivity contribution in [1.29, 1.82) is 0 Å². The molecule has 0 unspecified atom stereocenters. The Morgan fingerprint density at radius 1 is 1.47 bits per heavy atom. The van der Waals surface area contributed by atoms with E-state index in [4.69, 9.17) is 10.6 Å². The molecule has 0 radical (unpaired) electrons. The number of benzene rings is 1. The second-order valence-electron chi connectivity index (χ2n) is 2.96. The van der Waals surface area contributed by atoms with E-state index < -0.39 is 0 Å². The standard InChI is InChI=1S/C10H13FN2O2/c11-9-4-2-1-3-8(9)7-15-6-5-10(14)13-12/h1-4H,5-7,12H2,(H,13,14). The van der Waals surface area contributed by atoms with E-state index in [0.717, 1.165) is 0 Å². The number of ether oxygens (including phenoxy) is 1. The van der Waals surface area contributed by atoms with Gasteiger partial charge in [0.2, 0.25) is 5.91 Å². The second kappa shape index (κ2) is 6.10. The highest BCUT2D eigenvalue weighted by atomic mass is 19.1. The van der Waals surface area contributed by atoms with Crippen LogP contribution in [0.3, 0.4) is 0 Å². The molecule has 0 atom stereocenters. The number of carbonyl (C=O) groups excluding carboxylic acids is 1. The number of rotatable bonds is 5. The molecule has 1 aromatic carbocycles.